The summed E-state index contributed by atoms with van der Waals surface area (Å²) in [4.78, 5) is 25.0. The number of rotatable bonds is 4. The Morgan fingerprint density at radius 2 is 1.88 bits per heavy atom. The van der Waals surface area contributed by atoms with Gasteiger partial charge in [-0.3, -0.25) is 4.79 Å². The van der Waals surface area contributed by atoms with Gasteiger partial charge in [-0.1, -0.05) is 6.07 Å². The summed E-state index contributed by atoms with van der Waals surface area (Å²) < 4.78 is 11.0. The Bertz CT molecular complexity index is 612. The summed E-state index contributed by atoms with van der Waals surface area (Å²) in [5.74, 6) is 1.16. The number of ether oxygens (including phenoxy) is 2. The molecule has 7 heteroatoms. The van der Waals surface area contributed by atoms with Crippen LogP contribution in [0, 0.1) is 5.92 Å². The lowest BCUT2D eigenvalue weighted by Gasteiger charge is -2.30. The predicted octanol–water partition coefficient (Wildman–Crippen LogP) is 0.907. The molecule has 1 aromatic carbocycles. The smallest absolute Gasteiger partial charge is 0.317 e. The molecule has 0 radical (unpaired) electrons. The van der Waals surface area contributed by atoms with Gasteiger partial charge in [0.15, 0.2) is 11.5 Å². The van der Waals surface area contributed by atoms with Crippen LogP contribution < -0.4 is 20.5 Å². The minimum absolute atomic E-state index is 0.0875. The highest BCUT2D eigenvalue weighted by Crippen LogP contribution is 2.30. The van der Waals surface area contributed by atoms with Crippen molar-refractivity contribution in [2.45, 2.75) is 19.3 Å². The van der Waals surface area contributed by atoms with Crippen molar-refractivity contribution in [1.82, 2.24) is 10.2 Å². The van der Waals surface area contributed by atoms with Crippen LogP contribution in [0.1, 0.15) is 18.4 Å². The van der Waals surface area contributed by atoms with Gasteiger partial charge >= 0.3 is 6.03 Å². The van der Waals surface area contributed by atoms with Crippen LogP contribution in [-0.2, 0) is 11.2 Å². The van der Waals surface area contributed by atoms with E-state index < -0.39 is 0 Å². The van der Waals surface area contributed by atoms with Gasteiger partial charge in [0.05, 0.1) is 0 Å². The number of hydrogen-bond donors (Lipinski definition) is 2. The number of piperidine rings is 1. The topological polar surface area (TPSA) is 93.9 Å². The number of urea groups is 1. The molecule has 3 N–H and O–H groups in total. The number of nitrogens with two attached hydrogens (primary N) is 1. The molecule has 24 heavy (non-hydrogen) atoms. The van der Waals surface area contributed by atoms with Crippen LogP contribution in [0.2, 0.25) is 0 Å². The van der Waals surface area contributed by atoms with Crippen molar-refractivity contribution < 1.29 is 19.1 Å². The lowest BCUT2D eigenvalue weighted by atomic mass is 9.96. The van der Waals surface area contributed by atoms with Crippen LogP contribution in [-0.4, -0.2) is 49.7 Å². The van der Waals surface area contributed by atoms with E-state index in [0.29, 0.717) is 45.7 Å². The second-order valence-corrected chi connectivity index (χ2v) is 6.12. The van der Waals surface area contributed by atoms with E-state index in [1.54, 1.807) is 4.90 Å². The molecule has 0 atom stereocenters. The first-order chi connectivity index (χ1) is 11.6. The highest BCUT2D eigenvalue weighted by molar-refractivity contribution is 5.78. The van der Waals surface area contributed by atoms with E-state index in [1.165, 1.54) is 0 Å². The van der Waals surface area contributed by atoms with Gasteiger partial charge in [-0.15, -0.1) is 0 Å². The first-order valence-electron chi connectivity index (χ1n) is 8.34. The minimum Gasteiger partial charge on any atom is -0.486 e. The van der Waals surface area contributed by atoms with E-state index >= 15 is 0 Å². The van der Waals surface area contributed by atoms with E-state index in [0.717, 1.165) is 23.5 Å². The summed E-state index contributed by atoms with van der Waals surface area (Å²) in [7, 11) is 0. The predicted molar refractivity (Wildman–Crippen MR) is 88.0 cm³/mol. The Morgan fingerprint density at radius 1 is 1.17 bits per heavy atom. The van der Waals surface area contributed by atoms with Crippen LogP contribution in [0.3, 0.4) is 0 Å². The van der Waals surface area contributed by atoms with Gasteiger partial charge in [0.25, 0.3) is 0 Å². The van der Waals surface area contributed by atoms with Crippen LogP contribution in [0.5, 0.6) is 11.5 Å². The van der Waals surface area contributed by atoms with Gasteiger partial charge in [0.1, 0.15) is 13.2 Å². The summed E-state index contributed by atoms with van der Waals surface area (Å²) in [6.07, 6.45) is 2.01. The summed E-state index contributed by atoms with van der Waals surface area (Å²) in [5, 5.41) is 2.92. The number of primary amides is 1. The zero-order valence-corrected chi connectivity index (χ0v) is 13.6. The normalized spacial score (nSPS) is 17.4. The molecule has 2 aliphatic heterocycles. The highest BCUT2D eigenvalue weighted by atomic mass is 16.6. The monoisotopic (exact) mass is 333 g/mol. The van der Waals surface area contributed by atoms with Crippen LogP contribution >= 0.6 is 0 Å². The lowest BCUT2D eigenvalue weighted by molar-refractivity contribution is -0.123. The number of nitrogens with one attached hydrogen (secondary N) is 1. The summed E-state index contributed by atoms with van der Waals surface area (Å²) in [5.41, 5.74) is 6.39. The molecule has 1 saturated heterocycles. The van der Waals surface area contributed by atoms with Gasteiger partial charge in [-0.05, 0) is 37.0 Å². The van der Waals surface area contributed by atoms with Crippen molar-refractivity contribution >= 4 is 11.9 Å². The third kappa shape index (κ3) is 3.90. The number of fused-ring (bicyclic) bond motifs is 1. The Balaban J connectivity index is 1.43. The largest absolute Gasteiger partial charge is 0.486 e. The molecule has 1 fully saturated rings. The van der Waals surface area contributed by atoms with E-state index in [4.69, 9.17) is 15.2 Å². The molecule has 130 valence electrons. The van der Waals surface area contributed by atoms with Crippen molar-refractivity contribution in [3.8, 4) is 11.5 Å². The third-order valence-electron chi connectivity index (χ3n) is 4.48. The fourth-order valence-electron chi connectivity index (χ4n) is 3.04. The second kappa shape index (κ2) is 7.42. The zero-order valence-electron chi connectivity index (χ0n) is 13.6. The second-order valence-electron chi connectivity index (χ2n) is 6.12. The fraction of sp³-hybridized carbons (Fsp3) is 0.529. The van der Waals surface area contributed by atoms with E-state index in [-0.39, 0.29) is 17.9 Å². The molecule has 2 aliphatic rings. The summed E-state index contributed by atoms with van der Waals surface area (Å²) >= 11 is 0. The van der Waals surface area contributed by atoms with Crippen molar-refractivity contribution in [2.75, 3.05) is 32.8 Å². The SMILES string of the molecule is NC(=O)C1CCN(C(=O)NCCc2ccc3c(c2)OCCO3)CC1. The third-order valence-corrected chi connectivity index (χ3v) is 4.48. The number of nitrogens with zero attached hydrogens (tertiary/aromatic N) is 1. The van der Waals surface area contributed by atoms with Crippen molar-refractivity contribution in [2.24, 2.45) is 11.7 Å². The highest BCUT2D eigenvalue weighted by Gasteiger charge is 2.25. The van der Waals surface area contributed by atoms with Gasteiger partial charge in [0.2, 0.25) is 5.91 Å². The minimum atomic E-state index is -0.270. The Hall–Kier alpha value is -2.44. The van der Waals surface area contributed by atoms with Gasteiger partial charge in [0, 0.05) is 25.6 Å². The standard InChI is InChI=1S/C17H23N3O4/c18-16(21)13-4-7-20(8-5-13)17(22)19-6-3-12-1-2-14-15(11-12)24-10-9-23-14/h1-2,11,13H,3-10H2,(H2,18,21)(H,19,22). The van der Waals surface area contributed by atoms with Crippen LogP contribution in [0.4, 0.5) is 4.79 Å². The molecule has 3 rings (SSSR count). The number of carbonyl (C=O) groups excluding carboxylic acids is 2. The summed E-state index contributed by atoms with van der Waals surface area (Å²) in [6.45, 7) is 2.84. The molecule has 0 bridgehead atoms. The molecule has 3 amide bonds. The number of hydrogen-bond acceptors (Lipinski definition) is 4. The molecule has 1 aromatic rings. The first-order valence-corrected chi connectivity index (χ1v) is 8.34. The molecular formula is C17H23N3O4. The Labute approximate surface area is 141 Å². The maximum Gasteiger partial charge on any atom is 0.317 e. The van der Waals surface area contributed by atoms with E-state index in [9.17, 15) is 9.59 Å². The first kappa shape index (κ1) is 16.4. The van der Waals surface area contributed by atoms with Gasteiger partial charge in [-0.2, -0.15) is 0 Å². The van der Waals surface area contributed by atoms with E-state index in [1.807, 2.05) is 18.2 Å². The maximum atomic E-state index is 12.2. The molecular weight excluding hydrogens is 310 g/mol. The number of benzene rings is 1. The van der Waals surface area contributed by atoms with Crippen molar-refractivity contribution in [3.05, 3.63) is 23.8 Å². The number of amides is 3. The molecule has 0 spiro atoms. The molecule has 7 nitrogen and oxygen atoms in total. The van der Waals surface area contributed by atoms with Crippen LogP contribution in [0.15, 0.2) is 18.2 Å². The average Bonchev–Trinajstić information content (AvgIpc) is 2.61. The average molecular weight is 333 g/mol. The molecule has 0 unspecified atom stereocenters. The molecule has 0 saturated carbocycles. The van der Waals surface area contributed by atoms with Crippen LogP contribution in [0.25, 0.3) is 0 Å². The Morgan fingerprint density at radius 3 is 2.58 bits per heavy atom. The van der Waals surface area contributed by atoms with E-state index in [2.05, 4.69) is 5.32 Å². The fourth-order valence-corrected chi connectivity index (χ4v) is 3.04. The zero-order chi connectivity index (χ0) is 16.9. The van der Waals surface area contributed by atoms with Gasteiger partial charge in [-0.25, -0.2) is 4.79 Å². The lowest BCUT2D eigenvalue weighted by Crippen LogP contribution is -2.46. The molecule has 0 aromatic heterocycles. The Kier molecular flexibility index (Phi) is 5.08. The molecule has 2 heterocycles. The number of likely N-dealkylation sites (tertiary alicyclic amines) is 1. The molecule has 0 aliphatic carbocycles. The number of carbonyl (C=O) groups is 2. The quantitative estimate of drug-likeness (QED) is 0.856. The van der Waals surface area contributed by atoms with Crippen molar-refractivity contribution in [3.63, 3.8) is 0 Å². The maximum absolute atomic E-state index is 12.2. The van der Waals surface area contributed by atoms with Crippen molar-refractivity contribution in [1.29, 1.82) is 0 Å². The summed E-state index contributed by atoms with van der Waals surface area (Å²) in [6, 6.07) is 5.76. The van der Waals surface area contributed by atoms with Gasteiger partial charge < -0.3 is 25.4 Å².